The molecule has 0 N–H and O–H groups in total. The first-order chi connectivity index (χ1) is 11.4. The summed E-state index contributed by atoms with van der Waals surface area (Å²) in [6.45, 7) is 6.51. The van der Waals surface area contributed by atoms with Crippen LogP contribution in [0, 0.1) is 32.1 Å². The van der Waals surface area contributed by atoms with Crippen LogP contribution in [0.15, 0.2) is 12.1 Å². The SMILES string of the molecule is Cc1nc(C(=O)N2CCC[C@@H]2c2c(C)nn(C)c2C)ccc1C#N. The van der Waals surface area contributed by atoms with Crippen molar-refractivity contribution in [2.45, 2.75) is 39.7 Å². The second-order valence-electron chi connectivity index (χ2n) is 6.31. The highest BCUT2D eigenvalue weighted by Crippen LogP contribution is 2.36. The van der Waals surface area contributed by atoms with E-state index in [0.717, 1.165) is 36.3 Å². The summed E-state index contributed by atoms with van der Waals surface area (Å²) in [7, 11) is 1.93. The molecule has 0 unspecified atom stereocenters. The third-order valence-electron chi connectivity index (χ3n) is 4.84. The van der Waals surface area contributed by atoms with Gasteiger partial charge in [0.2, 0.25) is 0 Å². The fraction of sp³-hybridized carbons (Fsp3) is 0.444. The van der Waals surface area contributed by atoms with Crippen LogP contribution in [0.4, 0.5) is 0 Å². The van der Waals surface area contributed by atoms with Crippen molar-refractivity contribution in [3.05, 3.63) is 46.0 Å². The third-order valence-corrected chi connectivity index (χ3v) is 4.84. The zero-order valence-corrected chi connectivity index (χ0v) is 14.5. The molecule has 124 valence electrons. The minimum atomic E-state index is -0.0762. The quantitative estimate of drug-likeness (QED) is 0.851. The van der Waals surface area contributed by atoms with Crippen molar-refractivity contribution in [1.82, 2.24) is 19.7 Å². The smallest absolute Gasteiger partial charge is 0.272 e. The summed E-state index contributed by atoms with van der Waals surface area (Å²) in [5.41, 5.74) is 4.72. The molecule has 1 fully saturated rings. The second kappa shape index (κ2) is 6.08. The van der Waals surface area contributed by atoms with Gasteiger partial charge in [-0.05, 0) is 45.7 Å². The molecule has 6 heteroatoms. The number of amides is 1. The highest BCUT2D eigenvalue weighted by molar-refractivity contribution is 5.93. The van der Waals surface area contributed by atoms with E-state index in [0.29, 0.717) is 17.0 Å². The predicted molar refractivity (Wildman–Crippen MR) is 89.4 cm³/mol. The maximum Gasteiger partial charge on any atom is 0.272 e. The van der Waals surface area contributed by atoms with Gasteiger partial charge in [-0.15, -0.1) is 0 Å². The number of hydrogen-bond acceptors (Lipinski definition) is 4. The van der Waals surface area contributed by atoms with Gasteiger partial charge in [-0.1, -0.05) is 0 Å². The van der Waals surface area contributed by atoms with E-state index >= 15 is 0 Å². The summed E-state index contributed by atoms with van der Waals surface area (Å²) >= 11 is 0. The number of likely N-dealkylation sites (tertiary alicyclic amines) is 1. The van der Waals surface area contributed by atoms with E-state index in [2.05, 4.69) is 16.2 Å². The van der Waals surface area contributed by atoms with Gasteiger partial charge in [-0.2, -0.15) is 10.4 Å². The van der Waals surface area contributed by atoms with Gasteiger partial charge in [0.05, 0.1) is 23.0 Å². The summed E-state index contributed by atoms with van der Waals surface area (Å²) in [4.78, 5) is 19.2. The lowest BCUT2D eigenvalue weighted by atomic mass is 10.0. The molecule has 0 radical (unpaired) electrons. The van der Waals surface area contributed by atoms with Gasteiger partial charge < -0.3 is 4.90 Å². The molecule has 3 rings (SSSR count). The molecule has 0 spiro atoms. The first kappa shape index (κ1) is 16.2. The minimum Gasteiger partial charge on any atom is -0.330 e. The standard InChI is InChI=1S/C18H21N5O/c1-11-14(10-19)7-8-15(20-11)18(24)23-9-5-6-16(23)17-12(2)21-22(4)13(17)3/h7-8,16H,5-6,9H2,1-4H3/t16-/m1/s1. The number of aryl methyl sites for hydroxylation is 3. The fourth-order valence-electron chi connectivity index (χ4n) is 3.53. The largest absolute Gasteiger partial charge is 0.330 e. The van der Waals surface area contributed by atoms with Gasteiger partial charge in [0.25, 0.3) is 5.91 Å². The van der Waals surface area contributed by atoms with E-state index in [4.69, 9.17) is 5.26 Å². The Labute approximate surface area is 141 Å². The molecular formula is C18H21N5O. The van der Waals surface area contributed by atoms with Gasteiger partial charge >= 0.3 is 0 Å². The number of nitriles is 1. The molecule has 2 aromatic heterocycles. The summed E-state index contributed by atoms with van der Waals surface area (Å²) in [5.74, 6) is -0.0762. The average molecular weight is 323 g/mol. The van der Waals surface area contributed by atoms with E-state index in [1.165, 1.54) is 0 Å². The molecule has 0 bridgehead atoms. The highest BCUT2D eigenvalue weighted by Gasteiger charge is 2.34. The van der Waals surface area contributed by atoms with Crippen molar-refractivity contribution in [1.29, 1.82) is 5.26 Å². The molecule has 24 heavy (non-hydrogen) atoms. The number of hydrogen-bond donors (Lipinski definition) is 0. The molecule has 6 nitrogen and oxygen atoms in total. The Hall–Kier alpha value is -2.68. The van der Waals surface area contributed by atoms with E-state index in [-0.39, 0.29) is 11.9 Å². The van der Waals surface area contributed by atoms with Crippen LogP contribution in [0.5, 0.6) is 0 Å². The first-order valence-corrected chi connectivity index (χ1v) is 8.13. The van der Waals surface area contributed by atoms with E-state index in [1.54, 1.807) is 19.1 Å². The number of carbonyl (C=O) groups is 1. The topological polar surface area (TPSA) is 74.8 Å². The van der Waals surface area contributed by atoms with Crippen LogP contribution >= 0.6 is 0 Å². The Balaban J connectivity index is 1.95. The first-order valence-electron chi connectivity index (χ1n) is 8.13. The Morgan fingerprint density at radius 1 is 1.29 bits per heavy atom. The lowest BCUT2D eigenvalue weighted by Crippen LogP contribution is -2.31. The molecule has 0 saturated carbocycles. The zero-order chi connectivity index (χ0) is 17.4. The summed E-state index contributed by atoms with van der Waals surface area (Å²) in [6, 6.07) is 5.44. The van der Waals surface area contributed by atoms with Crippen LogP contribution in [0.1, 0.15) is 57.6 Å². The van der Waals surface area contributed by atoms with Crippen molar-refractivity contribution >= 4 is 5.91 Å². The van der Waals surface area contributed by atoms with Crippen LogP contribution < -0.4 is 0 Å². The predicted octanol–water partition coefficient (Wildman–Crippen LogP) is 2.59. The fourth-order valence-corrected chi connectivity index (χ4v) is 3.53. The molecular weight excluding hydrogens is 302 g/mol. The van der Waals surface area contributed by atoms with Gasteiger partial charge in [0, 0.05) is 24.8 Å². The van der Waals surface area contributed by atoms with Crippen molar-refractivity contribution in [2.24, 2.45) is 7.05 Å². The lowest BCUT2D eigenvalue weighted by Gasteiger charge is -2.25. The molecule has 2 aromatic rings. The van der Waals surface area contributed by atoms with Crippen LogP contribution in [0.25, 0.3) is 0 Å². The maximum absolute atomic E-state index is 13.0. The molecule has 1 aliphatic heterocycles. The van der Waals surface area contributed by atoms with Crippen LogP contribution in [-0.2, 0) is 7.05 Å². The molecule has 1 saturated heterocycles. The third kappa shape index (κ3) is 2.56. The Morgan fingerprint density at radius 2 is 2.04 bits per heavy atom. The molecule has 1 amide bonds. The van der Waals surface area contributed by atoms with Crippen molar-refractivity contribution < 1.29 is 4.79 Å². The number of carbonyl (C=O) groups excluding carboxylic acids is 1. The molecule has 0 aromatic carbocycles. The maximum atomic E-state index is 13.0. The molecule has 3 heterocycles. The van der Waals surface area contributed by atoms with Gasteiger partial charge in [0.1, 0.15) is 11.8 Å². The molecule has 0 aliphatic carbocycles. The summed E-state index contributed by atoms with van der Waals surface area (Å²) < 4.78 is 1.87. The van der Waals surface area contributed by atoms with Crippen LogP contribution in [-0.4, -0.2) is 32.1 Å². The Bertz CT molecular complexity index is 846. The molecule has 1 atom stereocenters. The number of rotatable bonds is 2. The van der Waals surface area contributed by atoms with Crippen molar-refractivity contribution in [3.63, 3.8) is 0 Å². The normalized spacial score (nSPS) is 17.1. The number of nitrogens with zero attached hydrogens (tertiary/aromatic N) is 5. The van der Waals surface area contributed by atoms with E-state index in [1.807, 2.05) is 30.5 Å². The second-order valence-corrected chi connectivity index (χ2v) is 6.31. The Kier molecular flexibility index (Phi) is 4.10. The zero-order valence-electron chi connectivity index (χ0n) is 14.5. The minimum absolute atomic E-state index is 0.0453. The monoisotopic (exact) mass is 323 g/mol. The van der Waals surface area contributed by atoms with Gasteiger partial charge in [0.15, 0.2) is 0 Å². The molecule has 1 aliphatic rings. The summed E-state index contributed by atoms with van der Waals surface area (Å²) in [6.07, 6.45) is 1.91. The van der Waals surface area contributed by atoms with Crippen molar-refractivity contribution in [3.8, 4) is 6.07 Å². The number of pyridine rings is 1. The average Bonchev–Trinajstić information content (AvgIpc) is 3.11. The lowest BCUT2D eigenvalue weighted by molar-refractivity contribution is 0.0729. The van der Waals surface area contributed by atoms with Gasteiger partial charge in [-0.25, -0.2) is 4.98 Å². The van der Waals surface area contributed by atoms with E-state index in [9.17, 15) is 4.79 Å². The van der Waals surface area contributed by atoms with Gasteiger partial charge in [-0.3, -0.25) is 9.48 Å². The van der Waals surface area contributed by atoms with Crippen LogP contribution in [0.2, 0.25) is 0 Å². The Morgan fingerprint density at radius 3 is 2.62 bits per heavy atom. The highest BCUT2D eigenvalue weighted by atomic mass is 16.2. The summed E-state index contributed by atoms with van der Waals surface area (Å²) in [5, 5.41) is 13.5. The van der Waals surface area contributed by atoms with Crippen LogP contribution in [0.3, 0.4) is 0 Å². The van der Waals surface area contributed by atoms with Crippen molar-refractivity contribution in [2.75, 3.05) is 6.54 Å². The van der Waals surface area contributed by atoms with E-state index < -0.39 is 0 Å². The number of aromatic nitrogens is 3.